The first-order chi connectivity index (χ1) is 8.60. The van der Waals surface area contributed by atoms with Crippen molar-refractivity contribution in [1.82, 2.24) is 0 Å². The van der Waals surface area contributed by atoms with Gasteiger partial charge in [-0.15, -0.1) is 0 Å². The average Bonchev–Trinajstić information content (AvgIpc) is 2.36. The summed E-state index contributed by atoms with van der Waals surface area (Å²) in [4.78, 5) is 0. The molecular formula is C13H9BrClFO2. The molecule has 0 aliphatic rings. The second kappa shape index (κ2) is 5.69. The van der Waals surface area contributed by atoms with E-state index in [4.69, 9.17) is 16.3 Å². The van der Waals surface area contributed by atoms with Crippen LogP contribution in [0.25, 0.3) is 0 Å². The second-order valence-corrected chi connectivity index (χ2v) is 4.88. The average molecular weight is 332 g/mol. The Morgan fingerprint density at radius 3 is 2.67 bits per heavy atom. The van der Waals surface area contributed by atoms with Gasteiger partial charge in [0.25, 0.3) is 0 Å². The van der Waals surface area contributed by atoms with Crippen molar-refractivity contribution in [3.63, 3.8) is 0 Å². The molecule has 2 rings (SSSR count). The van der Waals surface area contributed by atoms with E-state index in [1.807, 2.05) is 0 Å². The van der Waals surface area contributed by atoms with Crippen molar-refractivity contribution < 1.29 is 14.2 Å². The number of aliphatic hydroxyl groups is 1. The molecule has 0 spiro atoms. The summed E-state index contributed by atoms with van der Waals surface area (Å²) in [6.07, 6.45) is 0. The van der Waals surface area contributed by atoms with Gasteiger partial charge in [0.15, 0.2) is 0 Å². The highest BCUT2D eigenvalue weighted by molar-refractivity contribution is 9.10. The largest absolute Gasteiger partial charge is 0.456 e. The fourth-order valence-corrected chi connectivity index (χ4v) is 1.97. The van der Waals surface area contributed by atoms with Gasteiger partial charge in [0.05, 0.1) is 11.1 Å². The monoisotopic (exact) mass is 330 g/mol. The third kappa shape index (κ3) is 3.02. The number of benzene rings is 2. The molecule has 0 bridgehead atoms. The normalized spacial score (nSPS) is 10.4. The van der Waals surface area contributed by atoms with Crippen molar-refractivity contribution in [1.29, 1.82) is 0 Å². The minimum atomic E-state index is -0.396. The molecule has 0 saturated heterocycles. The lowest BCUT2D eigenvalue weighted by molar-refractivity contribution is 0.276. The Morgan fingerprint density at radius 1 is 1.17 bits per heavy atom. The fraction of sp³-hybridized carbons (Fsp3) is 0.0769. The van der Waals surface area contributed by atoms with Gasteiger partial charge in [0.1, 0.15) is 17.3 Å². The topological polar surface area (TPSA) is 29.5 Å². The summed E-state index contributed by atoms with van der Waals surface area (Å²) in [5.74, 6) is 0.382. The number of rotatable bonds is 3. The van der Waals surface area contributed by atoms with Crippen LogP contribution in [0.3, 0.4) is 0 Å². The first kappa shape index (κ1) is 13.3. The predicted octanol–water partition coefficient (Wildman–Crippen LogP) is 4.53. The van der Waals surface area contributed by atoms with Gasteiger partial charge < -0.3 is 9.84 Å². The Hall–Kier alpha value is -1.10. The van der Waals surface area contributed by atoms with E-state index in [2.05, 4.69) is 15.9 Å². The Labute approximate surface area is 117 Å². The number of aliphatic hydroxyl groups excluding tert-OH is 1. The molecule has 0 aromatic heterocycles. The highest BCUT2D eigenvalue weighted by atomic mass is 79.9. The zero-order valence-corrected chi connectivity index (χ0v) is 11.5. The van der Waals surface area contributed by atoms with Crippen LogP contribution in [0.2, 0.25) is 5.02 Å². The zero-order chi connectivity index (χ0) is 13.1. The SMILES string of the molecule is OCc1cc(Cl)ccc1Oc1cc(F)ccc1Br. The third-order valence-corrected chi connectivity index (χ3v) is 3.20. The van der Waals surface area contributed by atoms with Crippen LogP contribution in [0.5, 0.6) is 11.5 Å². The molecule has 94 valence electrons. The van der Waals surface area contributed by atoms with Crippen LogP contribution in [0.4, 0.5) is 4.39 Å². The van der Waals surface area contributed by atoms with E-state index in [-0.39, 0.29) is 6.61 Å². The van der Waals surface area contributed by atoms with Gasteiger partial charge in [-0.25, -0.2) is 4.39 Å². The van der Waals surface area contributed by atoms with E-state index in [1.165, 1.54) is 12.1 Å². The minimum Gasteiger partial charge on any atom is -0.456 e. The molecule has 5 heteroatoms. The highest BCUT2D eigenvalue weighted by Crippen LogP contribution is 2.33. The second-order valence-electron chi connectivity index (χ2n) is 3.59. The Kier molecular flexibility index (Phi) is 4.22. The van der Waals surface area contributed by atoms with Crippen LogP contribution >= 0.6 is 27.5 Å². The van der Waals surface area contributed by atoms with Crippen LogP contribution < -0.4 is 4.74 Å². The lowest BCUT2D eigenvalue weighted by Gasteiger charge is -2.11. The fourth-order valence-electron chi connectivity index (χ4n) is 1.45. The van der Waals surface area contributed by atoms with Gasteiger partial charge in [-0.3, -0.25) is 0 Å². The maximum absolute atomic E-state index is 13.1. The molecular weight excluding hydrogens is 322 g/mol. The molecule has 18 heavy (non-hydrogen) atoms. The van der Waals surface area contributed by atoms with E-state index in [0.717, 1.165) is 0 Å². The van der Waals surface area contributed by atoms with Crippen molar-refractivity contribution in [3.8, 4) is 11.5 Å². The molecule has 0 aliphatic heterocycles. The van der Waals surface area contributed by atoms with Crippen LogP contribution in [-0.2, 0) is 6.61 Å². The highest BCUT2D eigenvalue weighted by Gasteiger charge is 2.08. The maximum Gasteiger partial charge on any atom is 0.144 e. The smallest absolute Gasteiger partial charge is 0.144 e. The molecule has 0 aliphatic carbocycles. The molecule has 0 atom stereocenters. The predicted molar refractivity (Wildman–Crippen MR) is 71.5 cm³/mol. The number of hydrogen-bond acceptors (Lipinski definition) is 2. The van der Waals surface area contributed by atoms with E-state index in [9.17, 15) is 9.50 Å². The van der Waals surface area contributed by atoms with Gasteiger partial charge in [0.2, 0.25) is 0 Å². The van der Waals surface area contributed by atoms with Crippen LogP contribution in [0, 0.1) is 5.82 Å². The number of ether oxygens (including phenoxy) is 1. The lowest BCUT2D eigenvalue weighted by Crippen LogP contribution is -1.93. The molecule has 2 nitrogen and oxygen atoms in total. The quantitative estimate of drug-likeness (QED) is 0.895. The Balaban J connectivity index is 2.36. The first-order valence-corrected chi connectivity index (χ1v) is 6.29. The van der Waals surface area contributed by atoms with Crippen LogP contribution in [-0.4, -0.2) is 5.11 Å². The summed E-state index contributed by atoms with van der Waals surface area (Å²) >= 11 is 9.09. The van der Waals surface area contributed by atoms with Crippen molar-refractivity contribution in [2.24, 2.45) is 0 Å². The molecule has 0 radical (unpaired) electrons. The van der Waals surface area contributed by atoms with E-state index in [0.29, 0.717) is 26.6 Å². The summed E-state index contributed by atoms with van der Waals surface area (Å²) in [7, 11) is 0. The third-order valence-electron chi connectivity index (χ3n) is 2.31. The summed E-state index contributed by atoms with van der Waals surface area (Å²) in [6.45, 7) is -0.206. The molecule has 0 fully saturated rings. The van der Waals surface area contributed by atoms with Gasteiger partial charge >= 0.3 is 0 Å². The minimum absolute atomic E-state index is 0.206. The number of hydrogen-bond donors (Lipinski definition) is 1. The molecule has 0 saturated carbocycles. The van der Waals surface area contributed by atoms with Gasteiger partial charge in [-0.1, -0.05) is 11.6 Å². The zero-order valence-electron chi connectivity index (χ0n) is 9.16. The maximum atomic E-state index is 13.1. The summed E-state index contributed by atoms with van der Waals surface area (Å²) in [5, 5.41) is 9.72. The van der Waals surface area contributed by atoms with Crippen LogP contribution in [0.1, 0.15) is 5.56 Å². The van der Waals surface area contributed by atoms with E-state index >= 15 is 0 Å². The van der Waals surface area contributed by atoms with Gasteiger partial charge in [0, 0.05) is 16.7 Å². The van der Waals surface area contributed by atoms with Crippen molar-refractivity contribution in [2.45, 2.75) is 6.61 Å². The van der Waals surface area contributed by atoms with Crippen molar-refractivity contribution in [3.05, 3.63) is 57.3 Å². The summed E-state index contributed by atoms with van der Waals surface area (Å²) in [6, 6.07) is 9.02. The van der Waals surface area contributed by atoms with Gasteiger partial charge in [-0.05, 0) is 46.3 Å². The number of halogens is 3. The first-order valence-electron chi connectivity index (χ1n) is 5.12. The van der Waals surface area contributed by atoms with E-state index in [1.54, 1.807) is 24.3 Å². The van der Waals surface area contributed by atoms with Crippen LogP contribution in [0.15, 0.2) is 40.9 Å². The summed E-state index contributed by atoms with van der Waals surface area (Å²) < 4.78 is 19.3. The van der Waals surface area contributed by atoms with E-state index < -0.39 is 5.82 Å². The molecule has 0 amide bonds. The molecule has 0 heterocycles. The van der Waals surface area contributed by atoms with Gasteiger partial charge in [-0.2, -0.15) is 0 Å². The molecule has 1 N–H and O–H groups in total. The van der Waals surface area contributed by atoms with Crippen molar-refractivity contribution >= 4 is 27.5 Å². The molecule has 0 unspecified atom stereocenters. The Morgan fingerprint density at radius 2 is 1.94 bits per heavy atom. The van der Waals surface area contributed by atoms with Crippen molar-refractivity contribution in [2.75, 3.05) is 0 Å². The molecule has 2 aromatic rings. The summed E-state index contributed by atoms with van der Waals surface area (Å²) in [5.41, 5.74) is 0.540. The standard InChI is InChI=1S/C13H9BrClFO2/c14-11-3-2-10(16)6-13(11)18-12-4-1-9(15)5-8(12)7-17/h1-6,17H,7H2. The Bertz CT molecular complexity index is 575. The molecule has 2 aromatic carbocycles. The lowest BCUT2D eigenvalue weighted by atomic mass is 10.2.